The first-order valence-corrected chi connectivity index (χ1v) is 15.0. The number of hydrogen-bond acceptors (Lipinski definition) is 6. The van der Waals surface area contributed by atoms with Crippen LogP contribution in [0.5, 0.6) is 5.75 Å². The number of anilines is 1. The molecule has 3 aromatic rings. The first-order chi connectivity index (χ1) is 19.9. The molecule has 226 valence electrons. The lowest BCUT2D eigenvalue weighted by atomic mass is 10.1. The van der Waals surface area contributed by atoms with Crippen molar-refractivity contribution in [1.82, 2.24) is 4.90 Å². The van der Waals surface area contributed by atoms with E-state index in [1.54, 1.807) is 12.1 Å². The van der Waals surface area contributed by atoms with Crippen molar-refractivity contribution in [3.8, 4) is 5.75 Å². The first-order valence-electron chi connectivity index (χ1n) is 13.6. The normalized spacial score (nSPS) is 15.4. The number of ether oxygens (including phenoxy) is 1. The Balaban J connectivity index is 1.74. The molecule has 0 radical (unpaired) electrons. The molecule has 1 atom stereocenters. The molecule has 1 aliphatic heterocycles. The van der Waals surface area contributed by atoms with Crippen LogP contribution in [0.1, 0.15) is 48.2 Å². The summed E-state index contributed by atoms with van der Waals surface area (Å²) in [6, 6.07) is 13.4. The highest BCUT2D eigenvalue weighted by molar-refractivity contribution is 7.87. The van der Waals surface area contributed by atoms with Crippen molar-refractivity contribution in [2.75, 3.05) is 31.1 Å². The van der Waals surface area contributed by atoms with Gasteiger partial charge in [0.15, 0.2) is 0 Å². The van der Waals surface area contributed by atoms with Gasteiger partial charge in [-0.3, -0.25) is 4.79 Å². The summed E-state index contributed by atoms with van der Waals surface area (Å²) >= 11 is 0. The van der Waals surface area contributed by atoms with Crippen LogP contribution in [0, 0.1) is 5.82 Å². The molecule has 1 saturated heterocycles. The summed E-state index contributed by atoms with van der Waals surface area (Å²) in [5.41, 5.74) is -0.108. The maximum Gasteiger partial charge on any atom is 0.416 e. The van der Waals surface area contributed by atoms with Crippen LogP contribution in [0.4, 0.5) is 23.2 Å². The minimum absolute atomic E-state index is 0.104. The van der Waals surface area contributed by atoms with Crippen LogP contribution < -0.4 is 9.08 Å². The van der Waals surface area contributed by atoms with Gasteiger partial charge in [0.25, 0.3) is 5.91 Å². The van der Waals surface area contributed by atoms with Gasteiger partial charge in [-0.05, 0) is 69.2 Å². The van der Waals surface area contributed by atoms with E-state index in [0.29, 0.717) is 43.4 Å². The highest BCUT2D eigenvalue weighted by atomic mass is 32.2. The summed E-state index contributed by atoms with van der Waals surface area (Å²) in [6.07, 6.45) is -3.49. The van der Waals surface area contributed by atoms with Crippen molar-refractivity contribution in [3.63, 3.8) is 0 Å². The number of halogens is 4. The maximum atomic E-state index is 14.0. The highest BCUT2D eigenvalue weighted by Crippen LogP contribution is 2.33. The predicted octanol–water partition coefficient (Wildman–Crippen LogP) is 6.28. The number of rotatable bonds is 11. The maximum absolute atomic E-state index is 14.0. The Labute approximate surface area is 242 Å². The average molecular weight is 609 g/mol. The Bertz CT molecular complexity index is 1500. The molecular weight excluding hydrogens is 576 g/mol. The molecule has 1 fully saturated rings. The van der Waals surface area contributed by atoms with Crippen molar-refractivity contribution in [2.45, 2.75) is 50.4 Å². The molecule has 42 heavy (non-hydrogen) atoms. The third-order valence-corrected chi connectivity index (χ3v) is 8.23. The molecule has 0 bridgehead atoms. The van der Waals surface area contributed by atoms with Gasteiger partial charge in [0.05, 0.1) is 11.7 Å². The van der Waals surface area contributed by atoms with Gasteiger partial charge in [-0.15, -0.1) is 0 Å². The number of carbonyl (C=O) groups is 1. The minimum atomic E-state index is -4.75. The third kappa shape index (κ3) is 7.60. The van der Waals surface area contributed by atoms with Crippen molar-refractivity contribution in [3.05, 3.63) is 89.2 Å². The second-order valence-corrected chi connectivity index (χ2v) is 11.4. The molecule has 7 nitrogen and oxygen atoms in total. The molecular formula is C30H32F4N2O5S. The van der Waals surface area contributed by atoms with Gasteiger partial charge in [-0.2, -0.15) is 21.6 Å². The van der Waals surface area contributed by atoms with E-state index in [2.05, 4.69) is 0 Å². The highest BCUT2D eigenvalue weighted by Gasteiger charge is 2.32. The molecule has 0 spiro atoms. The van der Waals surface area contributed by atoms with Crippen LogP contribution >= 0.6 is 0 Å². The zero-order valence-electron chi connectivity index (χ0n) is 23.2. The van der Waals surface area contributed by atoms with Crippen molar-refractivity contribution < 1.29 is 39.7 Å². The van der Waals surface area contributed by atoms with Crippen LogP contribution in [0.2, 0.25) is 0 Å². The van der Waals surface area contributed by atoms with Crippen LogP contribution in [-0.2, 0) is 27.6 Å². The zero-order chi connectivity index (χ0) is 30.5. The molecule has 0 aromatic heterocycles. The lowest BCUT2D eigenvalue weighted by Gasteiger charge is -2.27. The van der Waals surface area contributed by atoms with Gasteiger partial charge >= 0.3 is 16.3 Å². The van der Waals surface area contributed by atoms with Gasteiger partial charge < -0.3 is 18.7 Å². The Morgan fingerprint density at radius 1 is 1.02 bits per heavy atom. The molecule has 1 amide bonds. The fourth-order valence-electron chi connectivity index (χ4n) is 4.79. The Hall–Kier alpha value is -3.64. The number of carbonyl (C=O) groups excluding carboxylic acids is 1. The summed E-state index contributed by atoms with van der Waals surface area (Å²) in [5, 5.41) is 0. The molecule has 3 aromatic carbocycles. The second kappa shape index (κ2) is 13.1. The molecule has 0 aliphatic carbocycles. The Kier molecular flexibility index (Phi) is 9.78. The number of amides is 1. The number of nitrogens with zero attached hydrogens (tertiary/aromatic N) is 2. The molecule has 0 unspecified atom stereocenters. The van der Waals surface area contributed by atoms with E-state index >= 15 is 0 Å². The standard InChI is InChI=1S/C30H32F4N2O5S/c1-3-35(4-2)25-14-13-22(28(18-25)41-42(38,39)27-12-6-9-23(17-27)30(32,33)34)19-36(20-26-11-7-15-40-26)29(37)21-8-5-10-24(31)16-21/h5-6,8-10,12-14,16-18,26H,3-4,7,11,15,19-20H2,1-2H3/t26-/m1/s1. The minimum Gasteiger partial charge on any atom is -0.379 e. The van der Waals surface area contributed by atoms with E-state index in [1.807, 2.05) is 18.7 Å². The van der Waals surface area contributed by atoms with E-state index in [9.17, 15) is 30.8 Å². The second-order valence-electron chi connectivity index (χ2n) is 9.86. The topological polar surface area (TPSA) is 76.2 Å². The predicted molar refractivity (Wildman–Crippen MR) is 149 cm³/mol. The number of benzene rings is 3. The van der Waals surface area contributed by atoms with Crippen molar-refractivity contribution in [1.29, 1.82) is 0 Å². The summed E-state index contributed by atoms with van der Waals surface area (Å²) in [5.74, 6) is -1.22. The van der Waals surface area contributed by atoms with E-state index in [0.717, 1.165) is 30.7 Å². The molecule has 4 rings (SSSR count). The quantitative estimate of drug-likeness (QED) is 0.189. The van der Waals surface area contributed by atoms with Gasteiger partial charge in [0, 0.05) is 55.7 Å². The smallest absolute Gasteiger partial charge is 0.379 e. The number of alkyl halides is 3. The third-order valence-electron chi connectivity index (χ3n) is 7.00. The SMILES string of the molecule is CCN(CC)c1ccc(CN(C[C@H]2CCCO2)C(=O)c2cccc(F)c2)c(OS(=O)(=O)c2cccc(C(F)(F)F)c2)c1. The number of hydrogen-bond donors (Lipinski definition) is 0. The monoisotopic (exact) mass is 608 g/mol. The van der Waals surface area contributed by atoms with Crippen molar-refractivity contribution >= 4 is 21.7 Å². The summed E-state index contributed by atoms with van der Waals surface area (Å²) < 4.78 is 91.6. The van der Waals surface area contributed by atoms with E-state index in [1.165, 1.54) is 29.2 Å². The van der Waals surface area contributed by atoms with Crippen LogP contribution in [0.25, 0.3) is 0 Å². The lowest BCUT2D eigenvalue weighted by molar-refractivity contribution is -0.137. The van der Waals surface area contributed by atoms with E-state index in [4.69, 9.17) is 8.92 Å². The summed E-state index contributed by atoms with van der Waals surface area (Å²) in [4.78, 5) is 16.2. The molecule has 1 heterocycles. The van der Waals surface area contributed by atoms with E-state index in [-0.39, 0.29) is 30.5 Å². The average Bonchev–Trinajstić information content (AvgIpc) is 3.47. The van der Waals surface area contributed by atoms with E-state index < -0.39 is 38.5 Å². The first kappa shape index (κ1) is 31.3. The van der Waals surface area contributed by atoms with Crippen LogP contribution in [-0.4, -0.2) is 51.6 Å². The van der Waals surface area contributed by atoms with Gasteiger partial charge in [-0.25, -0.2) is 4.39 Å². The molecule has 12 heteroatoms. The van der Waals surface area contributed by atoms with Crippen molar-refractivity contribution in [2.24, 2.45) is 0 Å². The zero-order valence-corrected chi connectivity index (χ0v) is 24.1. The van der Waals surface area contributed by atoms with Gasteiger partial charge in [0.2, 0.25) is 0 Å². The summed E-state index contributed by atoms with van der Waals surface area (Å²) in [6.45, 7) is 5.59. The fraction of sp³-hybridized carbons (Fsp3) is 0.367. The molecule has 0 saturated carbocycles. The largest absolute Gasteiger partial charge is 0.416 e. The van der Waals surface area contributed by atoms with Crippen LogP contribution in [0.3, 0.4) is 0 Å². The Morgan fingerprint density at radius 2 is 1.76 bits per heavy atom. The van der Waals surface area contributed by atoms with Gasteiger partial charge in [0.1, 0.15) is 16.5 Å². The molecule has 1 aliphatic rings. The fourth-order valence-corrected chi connectivity index (χ4v) is 5.80. The molecule has 0 N–H and O–H groups in total. The van der Waals surface area contributed by atoms with Crippen LogP contribution in [0.15, 0.2) is 71.6 Å². The summed E-state index contributed by atoms with van der Waals surface area (Å²) in [7, 11) is -4.71. The van der Waals surface area contributed by atoms with Gasteiger partial charge in [-0.1, -0.05) is 18.2 Å². The lowest BCUT2D eigenvalue weighted by Crippen LogP contribution is -2.37. The Morgan fingerprint density at radius 3 is 2.40 bits per heavy atom.